The van der Waals surface area contributed by atoms with Crippen LogP contribution in [0.1, 0.15) is 328 Å². The summed E-state index contributed by atoms with van der Waals surface area (Å²) in [4.78, 5) is 12.5. The van der Waals surface area contributed by atoms with E-state index in [0.29, 0.717) is 6.42 Å². The van der Waals surface area contributed by atoms with Crippen LogP contribution in [0, 0.1) is 0 Å². The fourth-order valence-corrected chi connectivity index (χ4v) is 9.24. The molecule has 2 unspecified atom stereocenters. The molecule has 2 atom stereocenters. The molecule has 0 saturated carbocycles. The van der Waals surface area contributed by atoms with Crippen molar-refractivity contribution in [2.45, 2.75) is 341 Å². The Morgan fingerprint density at radius 2 is 0.603 bits per heavy atom. The third kappa shape index (κ3) is 51.7. The molecule has 0 aliphatic heterocycles. The molecular formula is C59H115NO3. The molecule has 0 spiro atoms. The van der Waals surface area contributed by atoms with E-state index in [4.69, 9.17) is 0 Å². The second-order valence-electron chi connectivity index (χ2n) is 20.1. The number of unbranched alkanes of at least 4 members (excludes halogenated alkanes) is 45. The first-order valence-electron chi connectivity index (χ1n) is 29.1. The maximum Gasteiger partial charge on any atom is 0.220 e. The van der Waals surface area contributed by atoms with Gasteiger partial charge in [0.2, 0.25) is 5.91 Å². The van der Waals surface area contributed by atoms with Crippen LogP contribution in [0.25, 0.3) is 0 Å². The van der Waals surface area contributed by atoms with Gasteiger partial charge in [0.25, 0.3) is 0 Å². The van der Waals surface area contributed by atoms with Gasteiger partial charge >= 0.3 is 0 Å². The van der Waals surface area contributed by atoms with Crippen LogP contribution in [0.4, 0.5) is 0 Å². The van der Waals surface area contributed by atoms with E-state index in [9.17, 15) is 15.0 Å². The standard InChI is InChI=1S/C59H115NO3/c1-3-5-7-9-11-13-15-17-19-21-22-23-24-25-26-27-28-29-30-31-32-33-34-35-36-37-38-39-41-43-45-47-49-51-53-55-59(63)60-57(56-61)58(62)54-52-50-48-46-44-42-40-20-18-16-14-12-10-8-6-4-2/h27-28,52,54,57-58,61-62H,3-26,29-51,53,55-56H2,1-2H3,(H,60,63)/b28-27-,54-52+. The zero-order valence-electron chi connectivity index (χ0n) is 43.1. The average Bonchev–Trinajstić information content (AvgIpc) is 3.29. The van der Waals surface area contributed by atoms with Crippen LogP contribution < -0.4 is 5.32 Å². The van der Waals surface area contributed by atoms with E-state index in [0.717, 1.165) is 25.7 Å². The first-order chi connectivity index (χ1) is 31.2. The Balaban J connectivity index is 3.41. The number of carbonyl (C=O) groups excluding carboxylic acids is 1. The predicted octanol–water partition coefficient (Wildman–Crippen LogP) is 19.1. The lowest BCUT2D eigenvalue weighted by atomic mass is 10.0. The molecule has 4 heteroatoms. The van der Waals surface area contributed by atoms with Gasteiger partial charge in [0.1, 0.15) is 0 Å². The van der Waals surface area contributed by atoms with Crippen LogP contribution in [-0.4, -0.2) is 34.9 Å². The summed E-state index contributed by atoms with van der Waals surface area (Å²) >= 11 is 0. The Morgan fingerprint density at radius 1 is 0.365 bits per heavy atom. The van der Waals surface area contributed by atoms with Gasteiger partial charge in [0, 0.05) is 6.42 Å². The van der Waals surface area contributed by atoms with Gasteiger partial charge in [-0.15, -0.1) is 0 Å². The first kappa shape index (κ1) is 61.9. The van der Waals surface area contributed by atoms with E-state index < -0.39 is 12.1 Å². The van der Waals surface area contributed by atoms with Crippen LogP contribution in [-0.2, 0) is 4.79 Å². The van der Waals surface area contributed by atoms with Gasteiger partial charge in [0.05, 0.1) is 18.8 Å². The van der Waals surface area contributed by atoms with Crippen molar-refractivity contribution in [1.29, 1.82) is 0 Å². The molecule has 0 saturated heterocycles. The van der Waals surface area contributed by atoms with E-state index in [-0.39, 0.29) is 12.5 Å². The zero-order chi connectivity index (χ0) is 45.6. The number of carbonyl (C=O) groups is 1. The van der Waals surface area contributed by atoms with Gasteiger partial charge in [0.15, 0.2) is 0 Å². The number of rotatable bonds is 54. The smallest absolute Gasteiger partial charge is 0.220 e. The molecule has 0 aliphatic rings. The Kier molecular flexibility index (Phi) is 54.2. The predicted molar refractivity (Wildman–Crippen MR) is 281 cm³/mol. The van der Waals surface area contributed by atoms with Crippen molar-refractivity contribution in [1.82, 2.24) is 5.32 Å². The quantitative estimate of drug-likeness (QED) is 0.0421. The largest absolute Gasteiger partial charge is 0.394 e. The minimum Gasteiger partial charge on any atom is -0.394 e. The summed E-state index contributed by atoms with van der Waals surface area (Å²) in [5.41, 5.74) is 0. The SMILES string of the molecule is CCCCCCCCCCCCCCCC/C=C\CCCCCCCCCCCCCCCCCCCC(=O)NC(CO)C(O)/C=C/CCCCCCCCCCCCCCCC. The topological polar surface area (TPSA) is 69.6 Å². The van der Waals surface area contributed by atoms with Crippen molar-refractivity contribution in [3.8, 4) is 0 Å². The molecule has 63 heavy (non-hydrogen) atoms. The zero-order valence-corrected chi connectivity index (χ0v) is 43.1. The molecule has 0 rings (SSSR count). The summed E-state index contributed by atoms with van der Waals surface area (Å²) in [7, 11) is 0. The van der Waals surface area contributed by atoms with Gasteiger partial charge in [-0.3, -0.25) is 4.79 Å². The molecule has 0 bridgehead atoms. The van der Waals surface area contributed by atoms with E-state index in [2.05, 4.69) is 31.3 Å². The number of hydrogen-bond donors (Lipinski definition) is 3. The van der Waals surface area contributed by atoms with Crippen LogP contribution in [0.3, 0.4) is 0 Å². The molecule has 0 aromatic rings. The fraction of sp³-hybridized carbons (Fsp3) is 0.915. The highest BCUT2D eigenvalue weighted by molar-refractivity contribution is 5.76. The summed E-state index contributed by atoms with van der Waals surface area (Å²) in [6, 6.07) is -0.619. The van der Waals surface area contributed by atoms with Crippen molar-refractivity contribution in [3.05, 3.63) is 24.3 Å². The third-order valence-electron chi connectivity index (χ3n) is 13.7. The van der Waals surface area contributed by atoms with Gasteiger partial charge in [-0.2, -0.15) is 0 Å². The van der Waals surface area contributed by atoms with Crippen LogP contribution in [0.15, 0.2) is 24.3 Å². The molecule has 374 valence electrons. The average molecular weight is 887 g/mol. The molecule has 0 fully saturated rings. The lowest BCUT2D eigenvalue weighted by Crippen LogP contribution is -2.45. The summed E-state index contributed by atoms with van der Waals surface area (Å²) in [5.74, 6) is -0.0582. The van der Waals surface area contributed by atoms with Crippen molar-refractivity contribution >= 4 is 5.91 Å². The highest BCUT2D eigenvalue weighted by atomic mass is 16.3. The Morgan fingerprint density at radius 3 is 0.873 bits per heavy atom. The van der Waals surface area contributed by atoms with Gasteiger partial charge in [-0.1, -0.05) is 301 Å². The van der Waals surface area contributed by atoms with E-state index in [1.807, 2.05) is 6.08 Å². The van der Waals surface area contributed by atoms with Gasteiger partial charge < -0.3 is 15.5 Å². The number of amides is 1. The van der Waals surface area contributed by atoms with E-state index in [1.54, 1.807) is 6.08 Å². The Labute approximate surface area is 396 Å². The molecule has 0 aliphatic carbocycles. The highest BCUT2D eigenvalue weighted by Crippen LogP contribution is 2.17. The van der Waals surface area contributed by atoms with Crippen molar-refractivity contribution in [2.75, 3.05) is 6.61 Å². The van der Waals surface area contributed by atoms with Crippen LogP contribution >= 0.6 is 0 Å². The molecule has 0 heterocycles. The highest BCUT2D eigenvalue weighted by Gasteiger charge is 2.18. The second-order valence-corrected chi connectivity index (χ2v) is 20.1. The van der Waals surface area contributed by atoms with Crippen molar-refractivity contribution in [2.24, 2.45) is 0 Å². The summed E-state index contributed by atoms with van der Waals surface area (Å²) in [5, 5.41) is 23.1. The molecule has 3 N–H and O–H groups in total. The third-order valence-corrected chi connectivity index (χ3v) is 13.7. The maximum absolute atomic E-state index is 12.5. The van der Waals surface area contributed by atoms with E-state index >= 15 is 0 Å². The minimum atomic E-state index is -0.836. The van der Waals surface area contributed by atoms with Crippen LogP contribution in [0.5, 0.6) is 0 Å². The summed E-state index contributed by atoms with van der Waals surface area (Å²) in [6.07, 6.45) is 73.6. The summed E-state index contributed by atoms with van der Waals surface area (Å²) < 4.78 is 0. The molecule has 1 amide bonds. The van der Waals surface area contributed by atoms with E-state index in [1.165, 1.54) is 283 Å². The molecule has 0 aromatic heterocycles. The Hall–Kier alpha value is -1.13. The molecule has 0 aromatic carbocycles. The second kappa shape index (κ2) is 55.2. The molecular weight excluding hydrogens is 771 g/mol. The van der Waals surface area contributed by atoms with Gasteiger partial charge in [-0.25, -0.2) is 0 Å². The maximum atomic E-state index is 12.5. The number of nitrogens with one attached hydrogen (secondary N) is 1. The number of aliphatic hydroxyl groups excluding tert-OH is 2. The van der Waals surface area contributed by atoms with Crippen LogP contribution in [0.2, 0.25) is 0 Å². The fourth-order valence-electron chi connectivity index (χ4n) is 9.24. The Bertz CT molecular complexity index is 916. The number of aliphatic hydroxyl groups is 2. The number of hydrogen-bond acceptors (Lipinski definition) is 3. The number of allylic oxidation sites excluding steroid dienone is 3. The van der Waals surface area contributed by atoms with Crippen molar-refractivity contribution < 1.29 is 15.0 Å². The summed E-state index contributed by atoms with van der Waals surface area (Å²) in [6.45, 7) is 4.34. The lowest BCUT2D eigenvalue weighted by Gasteiger charge is -2.20. The monoisotopic (exact) mass is 886 g/mol. The minimum absolute atomic E-state index is 0.0582. The normalized spacial score (nSPS) is 12.9. The van der Waals surface area contributed by atoms with Gasteiger partial charge in [-0.05, 0) is 44.9 Å². The molecule has 0 radical (unpaired) electrons. The van der Waals surface area contributed by atoms with Crippen molar-refractivity contribution in [3.63, 3.8) is 0 Å². The first-order valence-corrected chi connectivity index (χ1v) is 29.1. The lowest BCUT2D eigenvalue weighted by molar-refractivity contribution is -0.123. The molecule has 4 nitrogen and oxygen atoms in total.